The van der Waals surface area contributed by atoms with Crippen LogP contribution in [0, 0.1) is 12.8 Å². The van der Waals surface area contributed by atoms with E-state index in [1.54, 1.807) is 6.26 Å². The topological polar surface area (TPSA) is 38.7 Å². The Kier molecular flexibility index (Phi) is 6.87. The van der Waals surface area contributed by atoms with Crippen LogP contribution in [0.4, 0.5) is 0 Å². The summed E-state index contributed by atoms with van der Waals surface area (Å²) in [4.78, 5) is 0.797. The van der Waals surface area contributed by atoms with Gasteiger partial charge in [0.2, 0.25) is 0 Å². The van der Waals surface area contributed by atoms with Crippen molar-refractivity contribution in [1.29, 1.82) is 0 Å². The highest BCUT2D eigenvalue weighted by atomic mass is 32.2. The van der Waals surface area contributed by atoms with E-state index in [9.17, 15) is 4.21 Å². The lowest BCUT2D eigenvalue weighted by molar-refractivity contribution is 0.240. The highest BCUT2D eigenvalue weighted by molar-refractivity contribution is 7.93. The van der Waals surface area contributed by atoms with E-state index in [1.807, 2.05) is 31.2 Å². The van der Waals surface area contributed by atoms with Crippen LogP contribution in [0.25, 0.3) is 0 Å². The first-order chi connectivity index (χ1) is 10.8. The van der Waals surface area contributed by atoms with Crippen molar-refractivity contribution >= 4 is 18.0 Å². The van der Waals surface area contributed by atoms with Crippen molar-refractivity contribution in [1.82, 2.24) is 0 Å². The van der Waals surface area contributed by atoms with E-state index in [-0.39, 0.29) is 11.1 Å². The molecular weight excluding hydrogens is 334 g/mol. The van der Waals surface area contributed by atoms with Gasteiger partial charge in [-0.25, -0.2) is 8.57 Å². The average Bonchev–Trinajstić information content (AvgIpc) is 2.42. The van der Waals surface area contributed by atoms with Crippen LogP contribution in [0.15, 0.2) is 33.5 Å². The Labute approximate surface area is 150 Å². The van der Waals surface area contributed by atoms with Crippen LogP contribution in [-0.2, 0) is 14.2 Å². The Morgan fingerprint density at radius 2 is 1.67 bits per heavy atom. The molecule has 24 heavy (non-hydrogen) atoms. The van der Waals surface area contributed by atoms with Gasteiger partial charge in [-0.3, -0.25) is 0 Å². The molecule has 3 nitrogen and oxygen atoms in total. The molecule has 0 aliphatic rings. The molecule has 1 unspecified atom stereocenters. The van der Waals surface area contributed by atoms with E-state index < -0.39 is 18.0 Å². The van der Waals surface area contributed by atoms with E-state index >= 15 is 0 Å². The molecular formula is C19H35NO2SSi. The molecule has 5 heteroatoms. The molecule has 0 aromatic heterocycles. The first kappa shape index (κ1) is 21.4. The van der Waals surface area contributed by atoms with Crippen LogP contribution < -0.4 is 0 Å². The van der Waals surface area contributed by atoms with Crippen molar-refractivity contribution < 1.29 is 8.63 Å². The average molecular weight is 370 g/mol. The third kappa shape index (κ3) is 5.71. The summed E-state index contributed by atoms with van der Waals surface area (Å²) >= 11 is 0. The summed E-state index contributed by atoms with van der Waals surface area (Å²) in [5, 5.41) is 0.166. The summed E-state index contributed by atoms with van der Waals surface area (Å²) in [5.41, 5.74) is 1.16. The molecule has 1 aromatic rings. The van der Waals surface area contributed by atoms with Crippen LogP contribution in [-0.4, -0.2) is 31.4 Å². The van der Waals surface area contributed by atoms with Gasteiger partial charge in [0.25, 0.3) is 0 Å². The van der Waals surface area contributed by atoms with Gasteiger partial charge in [0.05, 0.1) is 22.4 Å². The van der Waals surface area contributed by atoms with Crippen LogP contribution in [0.3, 0.4) is 0 Å². The molecule has 0 bridgehead atoms. The monoisotopic (exact) mass is 369 g/mol. The van der Waals surface area contributed by atoms with Crippen LogP contribution in [0.2, 0.25) is 18.1 Å². The quantitative estimate of drug-likeness (QED) is 0.621. The number of hydrogen-bond acceptors (Lipinski definition) is 3. The van der Waals surface area contributed by atoms with Crippen molar-refractivity contribution in [3.05, 3.63) is 29.8 Å². The van der Waals surface area contributed by atoms with E-state index in [1.165, 1.54) is 0 Å². The molecule has 0 radical (unpaired) electrons. The molecule has 0 N–H and O–H groups in total. The first-order valence-corrected chi connectivity index (χ1v) is 13.5. The fourth-order valence-electron chi connectivity index (χ4n) is 1.96. The summed E-state index contributed by atoms with van der Waals surface area (Å²) < 4.78 is 24.2. The van der Waals surface area contributed by atoms with Crippen molar-refractivity contribution in [3.8, 4) is 0 Å². The number of aryl methyl sites for hydroxylation is 1. The molecule has 0 spiro atoms. The first-order valence-electron chi connectivity index (χ1n) is 8.68. The molecule has 0 amide bonds. The predicted molar refractivity (Wildman–Crippen MR) is 108 cm³/mol. The highest BCUT2D eigenvalue weighted by Crippen LogP contribution is 2.37. The van der Waals surface area contributed by atoms with Crippen molar-refractivity contribution in [3.63, 3.8) is 0 Å². The summed E-state index contributed by atoms with van der Waals surface area (Å²) in [5.74, 6) is 0.293. The summed E-state index contributed by atoms with van der Waals surface area (Å²) in [6, 6.07) is 7.77. The Morgan fingerprint density at radius 3 is 2.08 bits per heavy atom. The Balaban J connectivity index is 3.04. The largest absolute Gasteiger partial charge is 0.415 e. The van der Waals surface area contributed by atoms with Crippen molar-refractivity contribution in [2.45, 2.75) is 70.6 Å². The highest BCUT2D eigenvalue weighted by Gasteiger charge is 2.37. The fourth-order valence-corrected chi connectivity index (χ4v) is 4.57. The van der Waals surface area contributed by atoms with E-state index in [2.05, 4.69) is 47.7 Å². The maximum absolute atomic E-state index is 13.1. The lowest BCUT2D eigenvalue weighted by Gasteiger charge is -2.37. The number of benzene rings is 1. The van der Waals surface area contributed by atoms with E-state index in [0.29, 0.717) is 12.5 Å². The van der Waals surface area contributed by atoms with Crippen molar-refractivity contribution in [2.24, 2.45) is 10.3 Å². The molecule has 2 atom stereocenters. The predicted octanol–water partition coefficient (Wildman–Crippen LogP) is 5.50. The zero-order valence-corrected chi connectivity index (χ0v) is 18.7. The summed E-state index contributed by atoms with van der Waals surface area (Å²) in [6.07, 6.45) is 1.74. The zero-order valence-electron chi connectivity index (χ0n) is 16.8. The van der Waals surface area contributed by atoms with Gasteiger partial charge >= 0.3 is 0 Å². The fraction of sp³-hybridized carbons (Fsp3) is 0.684. The third-order valence-corrected chi connectivity index (χ3v) is 11.3. The summed E-state index contributed by atoms with van der Waals surface area (Å²) in [6.45, 7) is 18.0. The Morgan fingerprint density at radius 1 is 1.17 bits per heavy atom. The molecule has 0 aliphatic heterocycles. The minimum atomic E-state index is -2.41. The van der Waals surface area contributed by atoms with Gasteiger partial charge in [0.15, 0.2) is 8.32 Å². The molecule has 0 saturated carbocycles. The van der Waals surface area contributed by atoms with Gasteiger partial charge in [0.1, 0.15) is 0 Å². The van der Waals surface area contributed by atoms with Crippen LogP contribution >= 0.6 is 0 Å². The summed E-state index contributed by atoms with van der Waals surface area (Å²) in [7, 11) is -4.24. The van der Waals surface area contributed by atoms with Crippen LogP contribution in [0.1, 0.15) is 40.2 Å². The molecule has 138 valence electrons. The zero-order chi connectivity index (χ0) is 18.8. The van der Waals surface area contributed by atoms with Crippen molar-refractivity contribution in [2.75, 3.05) is 12.9 Å². The third-order valence-electron chi connectivity index (χ3n) is 4.99. The normalized spacial score (nSPS) is 16.8. The minimum absolute atomic E-state index is 0.0575. The van der Waals surface area contributed by atoms with Gasteiger partial charge in [0, 0.05) is 11.2 Å². The second-order valence-corrected chi connectivity index (χ2v) is 15.7. The standard InChI is InChI=1S/C19H35NO2SSi/c1-15(2)18(14-22-24(8,9)19(4,5)6)20-23(7,21)17-12-10-16(3)11-13-17/h10-13,15,18H,14H2,1-9H3/t18-,23?/m1/s1. The van der Waals surface area contributed by atoms with Gasteiger partial charge in [-0.05, 0) is 43.1 Å². The number of nitrogens with zero attached hydrogens (tertiary/aromatic N) is 1. The molecule has 0 fully saturated rings. The molecule has 0 saturated heterocycles. The van der Waals surface area contributed by atoms with Gasteiger partial charge < -0.3 is 4.43 Å². The van der Waals surface area contributed by atoms with Crippen LogP contribution in [0.5, 0.6) is 0 Å². The smallest absolute Gasteiger partial charge is 0.192 e. The number of rotatable bonds is 6. The Hall–Kier alpha value is -0.653. The van der Waals surface area contributed by atoms with Gasteiger partial charge in [-0.2, -0.15) is 0 Å². The Bertz CT molecular complexity index is 651. The molecule has 0 heterocycles. The maximum Gasteiger partial charge on any atom is 0.192 e. The molecule has 0 aliphatic carbocycles. The lowest BCUT2D eigenvalue weighted by Crippen LogP contribution is -2.43. The van der Waals surface area contributed by atoms with Gasteiger partial charge in [-0.15, -0.1) is 0 Å². The molecule has 1 aromatic carbocycles. The van der Waals surface area contributed by atoms with E-state index in [0.717, 1.165) is 10.5 Å². The van der Waals surface area contributed by atoms with Gasteiger partial charge in [-0.1, -0.05) is 52.3 Å². The second kappa shape index (κ2) is 7.71. The molecule has 1 rings (SSSR count). The lowest BCUT2D eigenvalue weighted by atomic mass is 10.1. The number of hydrogen-bond donors (Lipinski definition) is 0. The maximum atomic E-state index is 13.1. The second-order valence-electron chi connectivity index (χ2n) is 8.60. The van der Waals surface area contributed by atoms with E-state index in [4.69, 9.17) is 8.79 Å². The SMILES string of the molecule is Cc1ccc(S(C)(=O)=N[C@H](CO[Si](C)(C)C(C)(C)C)C(C)C)cc1. The minimum Gasteiger partial charge on any atom is -0.415 e.